The Morgan fingerprint density at radius 2 is 1.71 bits per heavy atom. The molecule has 2 amide bonds. The van der Waals surface area contributed by atoms with E-state index in [1.165, 1.54) is 11.0 Å². The minimum absolute atomic E-state index is 0.0139. The van der Waals surface area contributed by atoms with Gasteiger partial charge in [-0.3, -0.25) is 13.9 Å². The molecule has 12 heteroatoms. The number of hydrogen-bond acceptors (Lipinski definition) is 6. The minimum Gasteiger partial charge on any atom is -0.486 e. The summed E-state index contributed by atoms with van der Waals surface area (Å²) in [5.74, 6) is -0.0152. The summed E-state index contributed by atoms with van der Waals surface area (Å²) in [6.45, 7) is 5.78. The molecule has 1 aliphatic heterocycles. The molecule has 0 saturated heterocycles. The van der Waals surface area contributed by atoms with Crippen molar-refractivity contribution >= 4 is 50.7 Å². The minimum atomic E-state index is -3.89. The summed E-state index contributed by atoms with van der Waals surface area (Å²) in [7, 11) is -3.89. The van der Waals surface area contributed by atoms with E-state index in [1.807, 2.05) is 13.8 Å². The molecule has 0 spiro atoms. The number of rotatable bonds is 11. The van der Waals surface area contributed by atoms with Gasteiger partial charge in [-0.1, -0.05) is 43.1 Å². The van der Waals surface area contributed by atoms with Crippen LogP contribution in [-0.4, -0.2) is 63.2 Å². The second kappa shape index (κ2) is 12.9. The number of halogens is 2. The largest absolute Gasteiger partial charge is 0.486 e. The number of nitrogens with one attached hydrogen (secondary N) is 1. The molecular formula is C26H33Cl2N3O6S. The summed E-state index contributed by atoms with van der Waals surface area (Å²) in [5, 5.41) is 3.69. The van der Waals surface area contributed by atoms with Crippen molar-refractivity contribution in [2.24, 2.45) is 0 Å². The van der Waals surface area contributed by atoms with Gasteiger partial charge in [-0.2, -0.15) is 0 Å². The van der Waals surface area contributed by atoms with Crippen LogP contribution in [0.4, 0.5) is 5.69 Å². The van der Waals surface area contributed by atoms with Gasteiger partial charge in [-0.15, -0.1) is 0 Å². The lowest BCUT2D eigenvalue weighted by Crippen LogP contribution is -2.53. The lowest BCUT2D eigenvalue weighted by molar-refractivity contribution is -0.140. The molecular weight excluding hydrogens is 553 g/mol. The summed E-state index contributed by atoms with van der Waals surface area (Å²) in [5.41, 5.74) is 0.816. The number of carbonyl (C=O) groups excluding carboxylic acids is 2. The van der Waals surface area contributed by atoms with Crippen molar-refractivity contribution in [3.05, 3.63) is 52.0 Å². The molecule has 2 atom stereocenters. The third-order valence-corrected chi connectivity index (χ3v) is 7.96. The van der Waals surface area contributed by atoms with E-state index >= 15 is 0 Å². The van der Waals surface area contributed by atoms with Crippen LogP contribution < -0.4 is 19.1 Å². The average Bonchev–Trinajstić information content (AvgIpc) is 2.87. The Balaban J connectivity index is 1.98. The number of hydrogen-bond donors (Lipinski definition) is 1. The zero-order chi connectivity index (χ0) is 28.0. The molecule has 3 rings (SSSR count). The first-order chi connectivity index (χ1) is 17.9. The number of fused-ring (bicyclic) bond motifs is 1. The topological polar surface area (TPSA) is 105 Å². The second-order valence-electron chi connectivity index (χ2n) is 9.10. The van der Waals surface area contributed by atoms with Crippen molar-refractivity contribution in [3.63, 3.8) is 0 Å². The van der Waals surface area contributed by atoms with Crippen LogP contribution in [0.3, 0.4) is 0 Å². The molecule has 0 aromatic heterocycles. The predicted molar refractivity (Wildman–Crippen MR) is 149 cm³/mol. The quantitative estimate of drug-likeness (QED) is 0.422. The highest BCUT2D eigenvalue weighted by Gasteiger charge is 2.33. The number of nitrogens with zero attached hydrogens (tertiary/aromatic N) is 2. The smallest absolute Gasteiger partial charge is 0.244 e. The van der Waals surface area contributed by atoms with Gasteiger partial charge in [0.05, 0.1) is 11.9 Å². The van der Waals surface area contributed by atoms with E-state index in [0.29, 0.717) is 53.2 Å². The molecule has 0 saturated carbocycles. The average molecular weight is 587 g/mol. The van der Waals surface area contributed by atoms with Crippen LogP contribution in [0.5, 0.6) is 11.5 Å². The molecule has 1 heterocycles. The van der Waals surface area contributed by atoms with Crippen molar-refractivity contribution in [3.8, 4) is 11.5 Å². The lowest BCUT2D eigenvalue weighted by Gasteiger charge is -2.33. The number of anilines is 1. The van der Waals surface area contributed by atoms with Crippen molar-refractivity contribution < 1.29 is 27.5 Å². The third-order valence-electron chi connectivity index (χ3n) is 6.24. The third kappa shape index (κ3) is 7.45. The maximum Gasteiger partial charge on any atom is 0.244 e. The highest BCUT2D eigenvalue weighted by molar-refractivity contribution is 7.92. The summed E-state index contributed by atoms with van der Waals surface area (Å²) in [6.07, 6.45) is 2.04. The lowest BCUT2D eigenvalue weighted by atomic mass is 10.1. The Morgan fingerprint density at radius 1 is 1.03 bits per heavy atom. The second-order valence-corrected chi connectivity index (χ2v) is 11.8. The predicted octanol–water partition coefficient (Wildman–Crippen LogP) is 4.25. The van der Waals surface area contributed by atoms with Gasteiger partial charge in [0.1, 0.15) is 25.8 Å². The van der Waals surface area contributed by atoms with E-state index in [9.17, 15) is 18.0 Å². The first kappa shape index (κ1) is 29.9. The standard InChI is InChI=1S/C26H33Cl2N3O6S/c1-5-17(3)29-26(33)22(6-2)30(15-18-7-8-19(27)13-21(18)28)25(32)16-31(38(4,34)35)20-9-10-23-24(14-20)37-12-11-36-23/h7-10,13-14,17,22H,5-6,11-12,15-16H2,1-4H3,(H,29,33)/t17-,22+/m0/s1. The van der Waals surface area contributed by atoms with E-state index < -0.39 is 28.5 Å². The number of benzene rings is 2. The van der Waals surface area contributed by atoms with Crippen LogP contribution in [-0.2, 0) is 26.2 Å². The fraction of sp³-hybridized carbons (Fsp3) is 0.462. The molecule has 1 aliphatic rings. The van der Waals surface area contributed by atoms with Crippen LogP contribution in [0.1, 0.15) is 39.2 Å². The van der Waals surface area contributed by atoms with Crippen molar-refractivity contribution in [2.75, 3.05) is 30.3 Å². The van der Waals surface area contributed by atoms with Gasteiger partial charge in [0.15, 0.2) is 11.5 Å². The first-order valence-electron chi connectivity index (χ1n) is 12.4. The van der Waals surface area contributed by atoms with Crippen LogP contribution in [0.25, 0.3) is 0 Å². The SMILES string of the molecule is CC[C@H](C(=O)N[C@@H](C)CC)N(Cc1ccc(Cl)cc1Cl)C(=O)CN(c1ccc2c(c1)OCCO2)S(C)(=O)=O. The Bertz CT molecular complexity index is 1270. The van der Waals surface area contributed by atoms with Gasteiger partial charge >= 0.3 is 0 Å². The van der Waals surface area contributed by atoms with Crippen molar-refractivity contribution in [2.45, 2.75) is 52.2 Å². The normalized spacial score (nSPS) is 14.4. The Morgan fingerprint density at radius 3 is 2.32 bits per heavy atom. The summed E-state index contributed by atoms with van der Waals surface area (Å²) >= 11 is 12.4. The Labute approximate surface area is 234 Å². The molecule has 1 N–H and O–H groups in total. The molecule has 0 radical (unpaired) electrons. The molecule has 0 bridgehead atoms. The molecule has 2 aromatic carbocycles. The van der Waals surface area contributed by atoms with Crippen molar-refractivity contribution in [1.82, 2.24) is 10.2 Å². The van der Waals surface area contributed by atoms with E-state index in [2.05, 4.69) is 5.32 Å². The molecule has 0 unspecified atom stereocenters. The highest BCUT2D eigenvalue weighted by Crippen LogP contribution is 2.35. The van der Waals surface area contributed by atoms with Crippen LogP contribution in [0, 0.1) is 0 Å². The van der Waals surface area contributed by atoms with Gasteiger partial charge in [-0.05, 0) is 49.6 Å². The summed E-state index contributed by atoms with van der Waals surface area (Å²) < 4.78 is 37.8. The number of carbonyl (C=O) groups is 2. The highest BCUT2D eigenvalue weighted by atomic mass is 35.5. The van der Waals surface area contributed by atoms with E-state index in [1.54, 1.807) is 37.3 Å². The van der Waals surface area contributed by atoms with E-state index in [0.717, 1.165) is 10.6 Å². The number of amides is 2. The first-order valence-corrected chi connectivity index (χ1v) is 15.0. The van der Waals surface area contributed by atoms with E-state index in [-0.39, 0.29) is 24.2 Å². The molecule has 9 nitrogen and oxygen atoms in total. The summed E-state index contributed by atoms with van der Waals surface area (Å²) in [6, 6.07) is 8.60. The van der Waals surface area contributed by atoms with Crippen molar-refractivity contribution in [1.29, 1.82) is 0 Å². The number of sulfonamides is 1. The van der Waals surface area contributed by atoms with Gasteiger partial charge in [-0.25, -0.2) is 8.42 Å². The zero-order valence-corrected chi connectivity index (χ0v) is 24.2. The fourth-order valence-electron chi connectivity index (χ4n) is 3.99. The molecule has 38 heavy (non-hydrogen) atoms. The molecule has 208 valence electrons. The molecule has 0 aliphatic carbocycles. The fourth-order valence-corrected chi connectivity index (χ4v) is 5.30. The van der Waals surface area contributed by atoms with Gasteiger partial charge in [0.25, 0.3) is 0 Å². The summed E-state index contributed by atoms with van der Waals surface area (Å²) in [4.78, 5) is 28.4. The van der Waals surface area contributed by atoms with Crippen LogP contribution in [0.2, 0.25) is 10.0 Å². The maximum absolute atomic E-state index is 13.8. The zero-order valence-electron chi connectivity index (χ0n) is 21.9. The number of ether oxygens (including phenoxy) is 2. The maximum atomic E-state index is 13.8. The molecule has 2 aromatic rings. The van der Waals surface area contributed by atoms with Gasteiger partial charge in [0.2, 0.25) is 21.8 Å². The van der Waals surface area contributed by atoms with Crippen LogP contribution >= 0.6 is 23.2 Å². The van der Waals surface area contributed by atoms with Crippen LogP contribution in [0.15, 0.2) is 36.4 Å². The Hall–Kier alpha value is -2.69. The monoisotopic (exact) mass is 585 g/mol. The van der Waals surface area contributed by atoms with Gasteiger partial charge < -0.3 is 19.7 Å². The Kier molecular flexibility index (Phi) is 10.1. The molecule has 0 fully saturated rings. The van der Waals surface area contributed by atoms with Gasteiger partial charge in [0, 0.05) is 28.7 Å². The van der Waals surface area contributed by atoms with E-state index in [4.69, 9.17) is 32.7 Å².